The van der Waals surface area contributed by atoms with Crippen LogP contribution in [0, 0.1) is 6.92 Å². The number of aromatic nitrogens is 1. The molecule has 1 aromatic heterocycles. The highest BCUT2D eigenvalue weighted by molar-refractivity contribution is 5.96. The average Bonchev–Trinajstić information content (AvgIpc) is 2.71. The van der Waals surface area contributed by atoms with Crippen molar-refractivity contribution >= 4 is 5.91 Å². The van der Waals surface area contributed by atoms with Crippen LogP contribution >= 0.6 is 0 Å². The number of amides is 1. The number of para-hydroxylation sites is 1. The van der Waals surface area contributed by atoms with Crippen molar-refractivity contribution in [1.82, 2.24) is 15.2 Å². The summed E-state index contributed by atoms with van der Waals surface area (Å²) in [6.07, 6.45) is 3.89. The number of rotatable bonds is 2. The minimum atomic E-state index is -0.130. The number of aryl methyl sites for hydroxylation is 1. The number of pyridine rings is 1. The molecule has 0 atom stereocenters. The van der Waals surface area contributed by atoms with Crippen molar-refractivity contribution in [2.45, 2.75) is 26.3 Å². The number of hydrogen-bond acceptors (Lipinski definition) is 5. The molecular formula is C22H29N3O3. The quantitative estimate of drug-likeness (QED) is 0.864. The van der Waals surface area contributed by atoms with E-state index >= 15 is 0 Å². The van der Waals surface area contributed by atoms with Gasteiger partial charge in [0.15, 0.2) is 0 Å². The summed E-state index contributed by atoms with van der Waals surface area (Å²) in [6, 6.07) is 11.4. The van der Waals surface area contributed by atoms with Gasteiger partial charge in [0.05, 0.1) is 17.9 Å². The lowest BCUT2D eigenvalue weighted by molar-refractivity contribution is 0.0909. The monoisotopic (exact) mass is 383 g/mol. The van der Waals surface area contributed by atoms with E-state index in [-0.39, 0.29) is 5.91 Å². The lowest BCUT2D eigenvalue weighted by Crippen LogP contribution is -2.30. The topological polar surface area (TPSA) is 63.7 Å². The third-order valence-corrected chi connectivity index (χ3v) is 4.83. The summed E-state index contributed by atoms with van der Waals surface area (Å²) in [5, 5.41) is 2.89. The molecule has 0 saturated heterocycles. The zero-order valence-corrected chi connectivity index (χ0v) is 16.5. The van der Waals surface area contributed by atoms with Gasteiger partial charge in [-0.3, -0.25) is 14.7 Å². The maximum Gasteiger partial charge on any atom is 0.255 e. The van der Waals surface area contributed by atoms with Crippen LogP contribution in [0.5, 0.6) is 5.75 Å². The summed E-state index contributed by atoms with van der Waals surface area (Å²) in [6.45, 7) is 6.86. The van der Waals surface area contributed by atoms with E-state index in [4.69, 9.17) is 9.47 Å². The van der Waals surface area contributed by atoms with Crippen LogP contribution in [0.4, 0.5) is 0 Å². The summed E-state index contributed by atoms with van der Waals surface area (Å²) in [7, 11) is 0. The number of hydrogen-bond donors (Lipinski definition) is 1. The highest BCUT2D eigenvalue weighted by Gasteiger charge is 2.14. The second-order valence-electron chi connectivity index (χ2n) is 6.96. The number of benzene rings is 1. The molecule has 0 fully saturated rings. The Morgan fingerprint density at radius 1 is 1.07 bits per heavy atom. The zero-order chi connectivity index (χ0) is 19.6. The molecule has 150 valence electrons. The second kappa shape index (κ2) is 10.8. The molecule has 1 N–H and O–H groups in total. The molecule has 1 aliphatic heterocycles. The Morgan fingerprint density at radius 3 is 2.86 bits per heavy atom. The largest absolute Gasteiger partial charge is 0.491 e. The number of nitrogens with one attached hydrogen (secondary N) is 1. The normalized spacial score (nSPS) is 17.5. The van der Waals surface area contributed by atoms with Crippen LogP contribution in [0.15, 0.2) is 42.6 Å². The summed E-state index contributed by atoms with van der Waals surface area (Å²) in [4.78, 5) is 19.3. The smallest absolute Gasteiger partial charge is 0.255 e. The van der Waals surface area contributed by atoms with Gasteiger partial charge in [-0.25, -0.2) is 0 Å². The molecule has 1 aliphatic rings. The van der Waals surface area contributed by atoms with Gasteiger partial charge in [0.1, 0.15) is 12.4 Å². The lowest BCUT2D eigenvalue weighted by Gasteiger charge is -2.23. The van der Waals surface area contributed by atoms with Gasteiger partial charge in [0, 0.05) is 32.4 Å². The van der Waals surface area contributed by atoms with E-state index in [0.29, 0.717) is 37.7 Å². The van der Waals surface area contributed by atoms with Crippen LogP contribution in [0.25, 0.3) is 0 Å². The first-order valence-electron chi connectivity index (χ1n) is 9.94. The fraction of sp³-hybridized carbons (Fsp3) is 0.455. The first-order valence-corrected chi connectivity index (χ1v) is 9.94. The molecule has 0 aliphatic carbocycles. The van der Waals surface area contributed by atoms with Gasteiger partial charge >= 0.3 is 0 Å². The van der Waals surface area contributed by atoms with Gasteiger partial charge in [-0.1, -0.05) is 18.2 Å². The molecule has 1 aromatic carbocycles. The Kier molecular flexibility index (Phi) is 7.82. The minimum absolute atomic E-state index is 0.130. The van der Waals surface area contributed by atoms with Gasteiger partial charge in [-0.05, 0) is 50.1 Å². The van der Waals surface area contributed by atoms with Gasteiger partial charge in [-0.2, -0.15) is 0 Å². The fourth-order valence-electron chi connectivity index (χ4n) is 3.20. The van der Waals surface area contributed by atoms with Gasteiger partial charge in [0.25, 0.3) is 5.91 Å². The van der Waals surface area contributed by atoms with E-state index in [2.05, 4.69) is 28.2 Å². The molecule has 1 amide bonds. The molecular weight excluding hydrogens is 354 g/mol. The molecule has 28 heavy (non-hydrogen) atoms. The summed E-state index contributed by atoms with van der Waals surface area (Å²) < 4.78 is 11.6. The molecule has 0 spiro atoms. The Morgan fingerprint density at radius 2 is 1.96 bits per heavy atom. The zero-order valence-electron chi connectivity index (χ0n) is 16.5. The predicted octanol–water partition coefficient (Wildman–Crippen LogP) is 2.81. The molecule has 6 heteroatoms. The van der Waals surface area contributed by atoms with Crippen molar-refractivity contribution in [2.75, 3.05) is 39.5 Å². The van der Waals surface area contributed by atoms with Crippen LogP contribution < -0.4 is 10.1 Å². The summed E-state index contributed by atoms with van der Waals surface area (Å²) >= 11 is 0. The predicted molar refractivity (Wildman–Crippen MR) is 109 cm³/mol. The summed E-state index contributed by atoms with van der Waals surface area (Å²) in [5.74, 6) is 0.486. The van der Waals surface area contributed by atoms with E-state index in [0.717, 1.165) is 38.2 Å². The molecule has 6 nitrogen and oxygen atoms in total. The number of carbonyl (C=O) groups is 1. The number of fused-ring (bicyclic) bond motifs is 1. The lowest BCUT2D eigenvalue weighted by atomic mass is 10.2. The Bertz CT molecular complexity index is 766. The highest BCUT2D eigenvalue weighted by Crippen LogP contribution is 2.18. The molecule has 0 saturated carbocycles. The van der Waals surface area contributed by atoms with Crippen molar-refractivity contribution in [2.24, 2.45) is 0 Å². The van der Waals surface area contributed by atoms with Crippen LogP contribution in [0.1, 0.15) is 34.5 Å². The minimum Gasteiger partial charge on any atom is -0.491 e. The van der Waals surface area contributed by atoms with Crippen molar-refractivity contribution in [3.8, 4) is 5.75 Å². The number of ether oxygens (including phenoxy) is 2. The van der Waals surface area contributed by atoms with Crippen LogP contribution in [-0.2, 0) is 11.3 Å². The Labute approximate surface area is 166 Å². The van der Waals surface area contributed by atoms with Gasteiger partial charge in [-0.15, -0.1) is 0 Å². The maximum absolute atomic E-state index is 12.4. The number of nitrogens with zero attached hydrogens (tertiary/aromatic N) is 2. The molecule has 2 heterocycles. The van der Waals surface area contributed by atoms with E-state index in [9.17, 15) is 4.79 Å². The van der Waals surface area contributed by atoms with E-state index in [1.807, 2.05) is 30.5 Å². The van der Waals surface area contributed by atoms with Crippen LogP contribution in [0.3, 0.4) is 0 Å². The second-order valence-corrected chi connectivity index (χ2v) is 6.96. The first kappa shape index (κ1) is 20.3. The SMILES string of the molecule is Cc1cccnc1CN1CCCCOCCNC(=O)c2ccccc2OCC1. The van der Waals surface area contributed by atoms with Crippen molar-refractivity contribution in [1.29, 1.82) is 0 Å². The molecule has 2 aromatic rings. The average molecular weight is 383 g/mol. The van der Waals surface area contributed by atoms with Crippen molar-refractivity contribution in [3.63, 3.8) is 0 Å². The fourth-order valence-corrected chi connectivity index (χ4v) is 3.20. The highest BCUT2D eigenvalue weighted by atomic mass is 16.5. The molecule has 0 unspecified atom stereocenters. The van der Waals surface area contributed by atoms with Crippen LogP contribution in [-0.4, -0.2) is 55.2 Å². The molecule has 3 rings (SSSR count). The van der Waals surface area contributed by atoms with E-state index in [1.54, 1.807) is 6.07 Å². The summed E-state index contributed by atoms with van der Waals surface area (Å²) in [5.41, 5.74) is 2.85. The first-order chi connectivity index (χ1) is 13.7. The van der Waals surface area contributed by atoms with Gasteiger partial charge < -0.3 is 14.8 Å². The van der Waals surface area contributed by atoms with E-state index < -0.39 is 0 Å². The van der Waals surface area contributed by atoms with E-state index in [1.165, 1.54) is 5.56 Å². The van der Waals surface area contributed by atoms with Crippen molar-refractivity contribution < 1.29 is 14.3 Å². The van der Waals surface area contributed by atoms with Gasteiger partial charge in [0.2, 0.25) is 0 Å². The number of carbonyl (C=O) groups excluding carboxylic acids is 1. The maximum atomic E-state index is 12.4. The molecule has 0 bridgehead atoms. The Hall–Kier alpha value is -2.44. The van der Waals surface area contributed by atoms with Crippen molar-refractivity contribution in [3.05, 3.63) is 59.4 Å². The standard InChI is InChI=1S/C22H29N3O3/c1-18-7-6-10-23-20(18)17-25-12-4-5-14-27-15-11-24-22(26)19-8-2-3-9-21(19)28-16-13-25/h2-3,6-10H,4-5,11-17H2,1H3,(H,24,26). The third-order valence-electron chi connectivity index (χ3n) is 4.83. The Balaban J connectivity index is 1.69. The third kappa shape index (κ3) is 6.04. The molecule has 0 radical (unpaired) electrons. The van der Waals surface area contributed by atoms with Crippen LogP contribution in [0.2, 0.25) is 0 Å².